The highest BCUT2D eigenvalue weighted by Gasteiger charge is 2.52. The summed E-state index contributed by atoms with van der Waals surface area (Å²) in [6.45, 7) is 12.3. The number of Topliss-reactive ketones (excluding diaryl/α,β-unsaturated/α-hetero) is 1. The van der Waals surface area contributed by atoms with Crippen molar-refractivity contribution in [2.75, 3.05) is 6.61 Å². The van der Waals surface area contributed by atoms with E-state index in [9.17, 15) is 9.59 Å². The third-order valence-corrected chi connectivity index (χ3v) is 9.60. The predicted molar refractivity (Wildman–Crippen MR) is 152 cm³/mol. The van der Waals surface area contributed by atoms with Crippen molar-refractivity contribution in [3.05, 3.63) is 11.6 Å². The van der Waals surface area contributed by atoms with Crippen molar-refractivity contribution in [1.82, 2.24) is 0 Å². The van der Waals surface area contributed by atoms with Crippen LogP contribution < -0.4 is 0 Å². The van der Waals surface area contributed by atoms with Gasteiger partial charge in [-0.1, -0.05) is 104 Å². The maximum Gasteiger partial charge on any atom is 0.305 e. The van der Waals surface area contributed by atoms with Crippen LogP contribution in [0.15, 0.2) is 11.6 Å². The zero-order valence-electron chi connectivity index (χ0n) is 24.6. The molecule has 0 bridgehead atoms. The summed E-state index contributed by atoms with van der Waals surface area (Å²) in [5.74, 6) is 1.27. The lowest BCUT2D eigenvalue weighted by molar-refractivity contribution is -0.148. The summed E-state index contributed by atoms with van der Waals surface area (Å²) in [4.78, 5) is 24.7. The molecule has 0 aromatic carbocycles. The second-order valence-corrected chi connectivity index (χ2v) is 13.0. The van der Waals surface area contributed by atoms with Crippen molar-refractivity contribution < 1.29 is 14.3 Å². The van der Waals surface area contributed by atoms with Crippen LogP contribution in [0.3, 0.4) is 0 Å². The summed E-state index contributed by atoms with van der Waals surface area (Å²) in [6.07, 6.45) is 23.7. The van der Waals surface area contributed by atoms with Gasteiger partial charge in [-0.15, -0.1) is 0 Å². The Bertz CT molecular complexity index is 691. The molecular formula is C33H58O3. The van der Waals surface area contributed by atoms with Gasteiger partial charge in [-0.2, -0.15) is 0 Å². The van der Waals surface area contributed by atoms with Gasteiger partial charge in [0.25, 0.3) is 0 Å². The average Bonchev–Trinajstić information content (AvgIpc) is 2.82. The highest BCUT2D eigenvalue weighted by Crippen LogP contribution is 2.59. The molecule has 0 saturated heterocycles. The largest absolute Gasteiger partial charge is 0.465 e. The van der Waals surface area contributed by atoms with Gasteiger partial charge in [0.15, 0.2) is 0 Å². The van der Waals surface area contributed by atoms with Crippen molar-refractivity contribution in [2.45, 2.75) is 157 Å². The summed E-state index contributed by atoms with van der Waals surface area (Å²) in [5.41, 5.74) is 1.98. The van der Waals surface area contributed by atoms with E-state index < -0.39 is 0 Å². The fraction of sp³-hybridized carbons (Fsp3) is 0.879. The predicted octanol–water partition coefficient (Wildman–Crippen LogP) is 9.77. The normalized spacial score (nSPS) is 25.2. The number of ether oxygens (including phenoxy) is 1. The summed E-state index contributed by atoms with van der Waals surface area (Å²) >= 11 is 0. The third-order valence-electron chi connectivity index (χ3n) is 9.60. The molecule has 208 valence electrons. The molecule has 3 heteroatoms. The molecule has 0 aromatic heterocycles. The van der Waals surface area contributed by atoms with E-state index in [1.807, 2.05) is 0 Å². The van der Waals surface area contributed by atoms with Crippen molar-refractivity contribution in [3.8, 4) is 0 Å². The molecule has 1 fully saturated rings. The van der Waals surface area contributed by atoms with Gasteiger partial charge in [-0.05, 0) is 62.2 Å². The van der Waals surface area contributed by atoms with E-state index in [4.69, 9.17) is 4.74 Å². The summed E-state index contributed by atoms with van der Waals surface area (Å²) < 4.78 is 5.82. The van der Waals surface area contributed by atoms with Crippen LogP contribution in [0, 0.1) is 22.7 Å². The van der Waals surface area contributed by atoms with Gasteiger partial charge in [0, 0.05) is 25.2 Å². The zero-order valence-corrected chi connectivity index (χ0v) is 24.6. The molecule has 0 aliphatic heterocycles. The number of allylic oxidation sites excluding steroid dienone is 1. The van der Waals surface area contributed by atoms with Crippen LogP contribution in [0.5, 0.6) is 0 Å². The molecule has 0 spiro atoms. The first-order valence-corrected chi connectivity index (χ1v) is 15.5. The van der Waals surface area contributed by atoms with Crippen LogP contribution in [-0.4, -0.2) is 18.4 Å². The molecule has 36 heavy (non-hydrogen) atoms. The Morgan fingerprint density at radius 1 is 0.833 bits per heavy atom. The van der Waals surface area contributed by atoms with Crippen LogP contribution in [0.4, 0.5) is 0 Å². The van der Waals surface area contributed by atoms with Crippen LogP contribution in [0.2, 0.25) is 0 Å². The highest BCUT2D eigenvalue weighted by molar-refractivity contribution is 5.78. The van der Waals surface area contributed by atoms with Crippen molar-refractivity contribution in [2.24, 2.45) is 22.7 Å². The number of carbonyl (C=O) groups is 2. The first-order chi connectivity index (χ1) is 17.2. The maximum absolute atomic E-state index is 12.5. The van der Waals surface area contributed by atoms with E-state index in [1.165, 1.54) is 82.6 Å². The molecule has 3 nitrogen and oxygen atoms in total. The van der Waals surface area contributed by atoms with E-state index in [-0.39, 0.29) is 11.4 Å². The Balaban J connectivity index is 1.54. The van der Waals surface area contributed by atoms with E-state index in [0.717, 1.165) is 25.7 Å². The molecule has 1 unspecified atom stereocenters. The molecule has 2 aliphatic rings. The Hall–Kier alpha value is -1.12. The second kappa shape index (κ2) is 16.0. The smallest absolute Gasteiger partial charge is 0.305 e. The van der Waals surface area contributed by atoms with Gasteiger partial charge in [0.2, 0.25) is 0 Å². The number of carbonyl (C=O) groups excluding carboxylic acids is 2. The Morgan fingerprint density at radius 3 is 2.03 bits per heavy atom. The first kappa shape index (κ1) is 31.1. The van der Waals surface area contributed by atoms with E-state index in [0.29, 0.717) is 48.9 Å². The number of ketones is 1. The lowest BCUT2D eigenvalue weighted by Gasteiger charge is -2.56. The monoisotopic (exact) mass is 502 g/mol. The minimum Gasteiger partial charge on any atom is -0.465 e. The SMILES string of the molecule is CCCCCCCCCCCCC(=O)CCCCC(=O)OC[C@H]1C(C)=CCC2C(C)(C)CCC[C@@]21C. The van der Waals surface area contributed by atoms with Crippen LogP contribution in [0.1, 0.15) is 157 Å². The number of hydrogen-bond donors (Lipinski definition) is 0. The van der Waals surface area contributed by atoms with Gasteiger partial charge in [0.05, 0.1) is 6.61 Å². The highest BCUT2D eigenvalue weighted by atomic mass is 16.5. The van der Waals surface area contributed by atoms with Gasteiger partial charge < -0.3 is 4.74 Å². The summed E-state index contributed by atoms with van der Waals surface area (Å²) in [5, 5.41) is 0. The maximum atomic E-state index is 12.5. The van der Waals surface area contributed by atoms with Crippen molar-refractivity contribution >= 4 is 11.8 Å². The number of unbranched alkanes of at least 4 members (excludes halogenated alkanes) is 10. The molecule has 3 atom stereocenters. The summed E-state index contributed by atoms with van der Waals surface area (Å²) in [6, 6.07) is 0. The molecule has 2 aliphatic carbocycles. The Kier molecular flexibility index (Phi) is 13.8. The first-order valence-electron chi connectivity index (χ1n) is 15.5. The fourth-order valence-electron chi connectivity index (χ4n) is 7.23. The zero-order chi connectivity index (χ0) is 26.4. The fourth-order valence-corrected chi connectivity index (χ4v) is 7.23. The van der Waals surface area contributed by atoms with Crippen LogP contribution in [0.25, 0.3) is 0 Å². The van der Waals surface area contributed by atoms with Crippen molar-refractivity contribution in [3.63, 3.8) is 0 Å². The van der Waals surface area contributed by atoms with Gasteiger partial charge in [-0.3, -0.25) is 9.59 Å². The minimum absolute atomic E-state index is 0.0919. The lowest BCUT2D eigenvalue weighted by atomic mass is 9.49. The third kappa shape index (κ3) is 9.97. The van der Waals surface area contributed by atoms with E-state index in [1.54, 1.807) is 0 Å². The van der Waals surface area contributed by atoms with Gasteiger partial charge in [0.1, 0.15) is 5.78 Å². The molecule has 0 heterocycles. The van der Waals surface area contributed by atoms with E-state index in [2.05, 4.69) is 40.7 Å². The molecule has 0 aromatic rings. The van der Waals surface area contributed by atoms with Gasteiger partial charge >= 0.3 is 5.97 Å². The lowest BCUT2D eigenvalue weighted by Crippen LogP contribution is -2.49. The number of rotatable bonds is 18. The number of hydrogen-bond acceptors (Lipinski definition) is 3. The molecular weight excluding hydrogens is 444 g/mol. The van der Waals surface area contributed by atoms with Crippen molar-refractivity contribution in [1.29, 1.82) is 0 Å². The van der Waals surface area contributed by atoms with E-state index >= 15 is 0 Å². The molecule has 0 N–H and O–H groups in total. The molecule has 2 rings (SSSR count). The molecule has 0 radical (unpaired) electrons. The molecule has 0 amide bonds. The topological polar surface area (TPSA) is 43.4 Å². The van der Waals surface area contributed by atoms with Gasteiger partial charge in [-0.25, -0.2) is 0 Å². The number of fused-ring (bicyclic) bond motifs is 1. The Labute approximate surface area is 223 Å². The van der Waals surface area contributed by atoms with Crippen LogP contribution >= 0.6 is 0 Å². The number of esters is 1. The molecule has 1 saturated carbocycles. The van der Waals surface area contributed by atoms with Crippen LogP contribution in [-0.2, 0) is 14.3 Å². The second-order valence-electron chi connectivity index (χ2n) is 13.0. The Morgan fingerprint density at radius 2 is 1.39 bits per heavy atom. The summed E-state index contributed by atoms with van der Waals surface area (Å²) in [7, 11) is 0. The quantitative estimate of drug-likeness (QED) is 0.106. The standard InChI is InChI=1S/C33H58O3/c1-6-7-8-9-10-11-12-13-14-15-19-28(34)20-16-17-21-31(35)36-26-29-27(2)22-23-30-32(3,4)24-18-25-33(29,30)5/h22,29-30H,6-21,23-26H2,1-5H3/t29-,30?,33+/m0/s1. The average molecular weight is 503 g/mol. The minimum atomic E-state index is -0.0919.